The number of carbonyl (C=O) groups is 1. The first-order valence-electron chi connectivity index (χ1n) is 6.71. The fourth-order valence-electron chi connectivity index (χ4n) is 1.64. The molecule has 2 rings (SSSR count). The van der Waals surface area contributed by atoms with E-state index in [1.807, 2.05) is 0 Å². The summed E-state index contributed by atoms with van der Waals surface area (Å²) >= 11 is 0. The van der Waals surface area contributed by atoms with Crippen LogP contribution in [0.5, 0.6) is 0 Å². The number of ether oxygens (including phenoxy) is 1. The maximum Gasteiger partial charge on any atom is 0.428 e. The highest BCUT2D eigenvalue weighted by atomic mass is 19.1. The van der Waals surface area contributed by atoms with Gasteiger partial charge in [-0.15, -0.1) is 0 Å². The Kier molecular flexibility index (Phi) is 4.60. The molecular weight excluding hydrogens is 287 g/mol. The van der Waals surface area contributed by atoms with Crippen LogP contribution in [0.2, 0.25) is 0 Å². The van der Waals surface area contributed by atoms with Crippen LogP contribution in [0, 0.1) is 5.82 Å². The van der Waals surface area contributed by atoms with Crippen molar-refractivity contribution in [2.75, 3.05) is 0 Å². The molecule has 0 aliphatic rings. The second-order valence-corrected chi connectivity index (χ2v) is 5.58. The van der Waals surface area contributed by atoms with Gasteiger partial charge in [-0.3, -0.25) is 0 Å². The first-order valence-corrected chi connectivity index (χ1v) is 6.71. The first kappa shape index (κ1) is 15.8. The Morgan fingerprint density at radius 3 is 2.55 bits per heavy atom. The number of benzene rings is 1. The van der Waals surface area contributed by atoms with Crippen molar-refractivity contribution in [3.8, 4) is 11.3 Å². The van der Waals surface area contributed by atoms with E-state index >= 15 is 0 Å². The van der Waals surface area contributed by atoms with Crippen LogP contribution in [0.3, 0.4) is 0 Å². The van der Waals surface area contributed by atoms with Gasteiger partial charge in [-0.25, -0.2) is 14.6 Å². The molecule has 0 fully saturated rings. The van der Waals surface area contributed by atoms with Gasteiger partial charge >= 0.3 is 6.09 Å². The number of amides is 1. The second-order valence-electron chi connectivity index (χ2n) is 5.58. The number of hydrazone groups is 1. The summed E-state index contributed by atoms with van der Waals surface area (Å²) in [5.41, 5.74) is 2.41. The molecule has 5 nitrogen and oxygen atoms in total. The van der Waals surface area contributed by atoms with Crippen LogP contribution in [-0.2, 0) is 4.74 Å². The van der Waals surface area contributed by atoms with Gasteiger partial charge in [-0.05, 0) is 57.2 Å². The Morgan fingerprint density at radius 2 is 1.91 bits per heavy atom. The van der Waals surface area contributed by atoms with Crippen LogP contribution in [0.25, 0.3) is 11.3 Å². The van der Waals surface area contributed by atoms with E-state index in [4.69, 9.17) is 9.15 Å². The predicted octanol–water partition coefficient (Wildman–Crippen LogP) is 3.94. The molecule has 0 aliphatic carbocycles. The van der Waals surface area contributed by atoms with Gasteiger partial charge in [0.25, 0.3) is 0 Å². The van der Waals surface area contributed by atoms with Gasteiger partial charge in [0.1, 0.15) is 22.9 Å². The molecule has 1 aromatic carbocycles. The number of nitrogens with zero attached hydrogens (tertiary/aromatic N) is 1. The van der Waals surface area contributed by atoms with Gasteiger partial charge in [-0.1, -0.05) is 0 Å². The zero-order chi connectivity index (χ0) is 16.2. The van der Waals surface area contributed by atoms with E-state index in [-0.39, 0.29) is 5.82 Å². The van der Waals surface area contributed by atoms with Crippen LogP contribution >= 0.6 is 0 Å². The Balaban J connectivity index is 1.96. The topological polar surface area (TPSA) is 63.8 Å². The van der Waals surface area contributed by atoms with Crippen LogP contribution in [0.4, 0.5) is 9.18 Å². The lowest BCUT2D eigenvalue weighted by Crippen LogP contribution is -2.29. The van der Waals surface area contributed by atoms with Crippen LogP contribution < -0.4 is 5.43 Å². The maximum atomic E-state index is 12.9. The number of hydrogen-bond acceptors (Lipinski definition) is 4. The number of hydrogen-bond donors (Lipinski definition) is 1. The molecule has 1 aromatic heterocycles. The summed E-state index contributed by atoms with van der Waals surface area (Å²) in [5.74, 6) is 0.729. The molecule has 0 saturated heterocycles. The lowest BCUT2D eigenvalue weighted by Gasteiger charge is -2.18. The molecule has 0 spiro atoms. The summed E-state index contributed by atoms with van der Waals surface area (Å²) < 4.78 is 23.4. The monoisotopic (exact) mass is 304 g/mol. The molecule has 0 radical (unpaired) electrons. The Hall–Kier alpha value is -2.63. The van der Waals surface area contributed by atoms with Crippen molar-refractivity contribution in [1.29, 1.82) is 0 Å². The number of rotatable bonds is 3. The van der Waals surface area contributed by atoms with Gasteiger partial charge in [0.05, 0.1) is 6.21 Å². The molecule has 0 atom stereocenters. The molecule has 1 N–H and O–H groups in total. The van der Waals surface area contributed by atoms with E-state index in [0.29, 0.717) is 11.5 Å². The van der Waals surface area contributed by atoms with E-state index < -0.39 is 11.7 Å². The molecule has 0 unspecified atom stereocenters. The number of nitrogens with one attached hydrogen (secondary N) is 1. The van der Waals surface area contributed by atoms with E-state index in [1.54, 1.807) is 45.0 Å². The van der Waals surface area contributed by atoms with E-state index in [2.05, 4.69) is 10.5 Å². The van der Waals surface area contributed by atoms with Gasteiger partial charge in [-0.2, -0.15) is 5.10 Å². The van der Waals surface area contributed by atoms with Crippen LogP contribution in [0.15, 0.2) is 45.9 Å². The highest BCUT2D eigenvalue weighted by molar-refractivity contribution is 5.79. The third-order valence-electron chi connectivity index (χ3n) is 2.50. The highest BCUT2D eigenvalue weighted by Crippen LogP contribution is 2.21. The quantitative estimate of drug-likeness (QED) is 0.690. The third kappa shape index (κ3) is 4.73. The molecule has 6 heteroatoms. The van der Waals surface area contributed by atoms with Crippen molar-refractivity contribution in [1.82, 2.24) is 5.43 Å². The van der Waals surface area contributed by atoms with Crippen LogP contribution in [0.1, 0.15) is 26.5 Å². The van der Waals surface area contributed by atoms with Crippen molar-refractivity contribution < 1.29 is 18.3 Å². The summed E-state index contributed by atoms with van der Waals surface area (Å²) in [6.07, 6.45) is 0.714. The summed E-state index contributed by atoms with van der Waals surface area (Å²) in [7, 11) is 0. The van der Waals surface area contributed by atoms with E-state index in [9.17, 15) is 9.18 Å². The third-order valence-corrected chi connectivity index (χ3v) is 2.50. The lowest BCUT2D eigenvalue weighted by atomic mass is 10.2. The smallest absolute Gasteiger partial charge is 0.428 e. The standard InChI is InChI=1S/C16H17FN2O3/c1-16(2,3)22-15(20)19-18-10-13-8-9-14(21-13)11-4-6-12(17)7-5-11/h4-10H,1-3H3,(H,19,20)/b18-10+. The van der Waals surface area contributed by atoms with E-state index in [0.717, 1.165) is 5.56 Å². The Morgan fingerprint density at radius 1 is 1.23 bits per heavy atom. The highest BCUT2D eigenvalue weighted by Gasteiger charge is 2.15. The summed E-state index contributed by atoms with van der Waals surface area (Å²) in [4.78, 5) is 11.4. The molecule has 1 heterocycles. The molecule has 0 saturated carbocycles. The lowest BCUT2D eigenvalue weighted by molar-refractivity contribution is 0.0529. The van der Waals surface area contributed by atoms with Crippen molar-refractivity contribution in [3.63, 3.8) is 0 Å². The molecule has 22 heavy (non-hydrogen) atoms. The SMILES string of the molecule is CC(C)(C)OC(=O)N/N=C/c1ccc(-c2ccc(F)cc2)o1. The molecule has 2 aromatic rings. The molecule has 0 bridgehead atoms. The molecule has 0 aliphatic heterocycles. The normalized spacial score (nSPS) is 11.6. The largest absolute Gasteiger partial charge is 0.455 e. The minimum absolute atomic E-state index is 0.307. The van der Waals surface area contributed by atoms with Crippen molar-refractivity contribution in [3.05, 3.63) is 48.0 Å². The van der Waals surface area contributed by atoms with Gasteiger partial charge in [0, 0.05) is 5.56 Å². The minimum Gasteiger partial charge on any atom is -0.455 e. The fraction of sp³-hybridized carbons (Fsp3) is 0.250. The minimum atomic E-state index is -0.644. The van der Waals surface area contributed by atoms with E-state index in [1.165, 1.54) is 18.3 Å². The molecule has 116 valence electrons. The van der Waals surface area contributed by atoms with Gasteiger partial charge in [0.15, 0.2) is 0 Å². The Labute approximate surface area is 127 Å². The number of carbonyl (C=O) groups excluding carboxylic acids is 1. The van der Waals surface area contributed by atoms with Gasteiger partial charge in [0.2, 0.25) is 0 Å². The van der Waals surface area contributed by atoms with Crippen molar-refractivity contribution in [2.45, 2.75) is 26.4 Å². The first-order chi connectivity index (χ1) is 10.3. The Bertz CT molecular complexity index is 669. The zero-order valence-electron chi connectivity index (χ0n) is 12.6. The molecular formula is C16H17FN2O3. The van der Waals surface area contributed by atoms with Crippen LogP contribution in [-0.4, -0.2) is 17.9 Å². The fourth-order valence-corrected chi connectivity index (χ4v) is 1.64. The summed E-state index contributed by atoms with van der Waals surface area (Å²) in [6.45, 7) is 5.29. The average molecular weight is 304 g/mol. The zero-order valence-corrected chi connectivity index (χ0v) is 12.6. The summed E-state index contributed by atoms with van der Waals surface area (Å²) in [5, 5.41) is 3.74. The number of furan rings is 1. The number of halogens is 1. The second kappa shape index (κ2) is 6.43. The molecule has 1 amide bonds. The van der Waals surface area contributed by atoms with Gasteiger partial charge < -0.3 is 9.15 Å². The summed E-state index contributed by atoms with van der Waals surface area (Å²) in [6, 6.07) is 9.38. The van der Waals surface area contributed by atoms with Crippen molar-refractivity contribution >= 4 is 12.3 Å². The van der Waals surface area contributed by atoms with Crippen molar-refractivity contribution in [2.24, 2.45) is 5.10 Å². The maximum absolute atomic E-state index is 12.9. The predicted molar refractivity (Wildman–Crippen MR) is 81.1 cm³/mol. The average Bonchev–Trinajstić information content (AvgIpc) is 2.86.